The molecule has 0 spiro atoms. The van der Waals surface area contributed by atoms with Crippen LogP contribution in [0.2, 0.25) is 0 Å². The Morgan fingerprint density at radius 1 is 1.00 bits per heavy atom. The lowest BCUT2D eigenvalue weighted by Crippen LogP contribution is -2.48. The molecular weight excluding hydrogens is 242 g/mol. The highest BCUT2D eigenvalue weighted by molar-refractivity contribution is 4.99. The lowest BCUT2D eigenvalue weighted by molar-refractivity contribution is 0.0580. The van der Waals surface area contributed by atoms with Crippen LogP contribution in [0.5, 0.6) is 0 Å². The maximum Gasteiger partial charge on any atom is 0.0594 e. The van der Waals surface area contributed by atoms with Crippen molar-refractivity contribution in [1.82, 2.24) is 15.1 Å². The third-order valence-corrected chi connectivity index (χ3v) is 4.21. The maximum atomic E-state index is 5.61. The molecule has 0 radical (unpaired) electrons. The van der Waals surface area contributed by atoms with E-state index >= 15 is 0 Å². The van der Waals surface area contributed by atoms with Gasteiger partial charge >= 0.3 is 0 Å². The summed E-state index contributed by atoms with van der Waals surface area (Å²) in [6.45, 7) is 11.0. The zero-order chi connectivity index (χ0) is 13.5. The van der Waals surface area contributed by atoms with E-state index in [1.807, 2.05) is 7.05 Å². The van der Waals surface area contributed by atoms with Crippen LogP contribution in [-0.2, 0) is 9.47 Å². The van der Waals surface area contributed by atoms with Crippen LogP contribution in [-0.4, -0.2) is 88.1 Å². The fraction of sp³-hybridized carbons (Fsp3) is 1.00. The van der Waals surface area contributed by atoms with Crippen LogP contribution in [0.4, 0.5) is 0 Å². The summed E-state index contributed by atoms with van der Waals surface area (Å²) < 4.78 is 11.1. The molecule has 0 aromatic rings. The zero-order valence-corrected chi connectivity index (χ0v) is 12.4. The van der Waals surface area contributed by atoms with Gasteiger partial charge in [-0.05, 0) is 20.4 Å². The Morgan fingerprint density at radius 3 is 2.16 bits per heavy atom. The van der Waals surface area contributed by atoms with Crippen LogP contribution < -0.4 is 5.32 Å². The van der Waals surface area contributed by atoms with Gasteiger partial charge in [-0.25, -0.2) is 0 Å². The summed E-state index contributed by atoms with van der Waals surface area (Å²) in [5.41, 5.74) is 0. The topological polar surface area (TPSA) is 37.0 Å². The Hall–Kier alpha value is -0.200. The van der Waals surface area contributed by atoms with Gasteiger partial charge in [0.15, 0.2) is 0 Å². The quantitative estimate of drug-likeness (QED) is 0.567. The summed E-state index contributed by atoms with van der Waals surface area (Å²) in [5, 5.41) is 3.10. The van der Waals surface area contributed by atoms with E-state index in [4.69, 9.17) is 9.47 Å². The first-order valence-corrected chi connectivity index (χ1v) is 7.63. The molecule has 0 saturated carbocycles. The minimum atomic E-state index is 0.750. The van der Waals surface area contributed by atoms with E-state index in [1.54, 1.807) is 0 Å². The lowest BCUT2D eigenvalue weighted by atomic mass is 10.2. The van der Waals surface area contributed by atoms with Gasteiger partial charge in [-0.2, -0.15) is 0 Å². The number of nitrogens with one attached hydrogen (secondary N) is 1. The van der Waals surface area contributed by atoms with Crippen LogP contribution in [0.1, 0.15) is 13.3 Å². The second-order valence-corrected chi connectivity index (χ2v) is 5.45. The van der Waals surface area contributed by atoms with Gasteiger partial charge < -0.3 is 14.8 Å². The number of nitrogens with zero attached hydrogens (tertiary/aromatic N) is 2. The number of rotatable bonds is 10. The summed E-state index contributed by atoms with van der Waals surface area (Å²) >= 11 is 0. The van der Waals surface area contributed by atoms with Gasteiger partial charge in [0.2, 0.25) is 0 Å². The first-order chi connectivity index (χ1) is 9.35. The van der Waals surface area contributed by atoms with Crippen molar-refractivity contribution in [2.45, 2.75) is 25.4 Å². The number of hydrogen-bond donors (Lipinski definition) is 1. The van der Waals surface area contributed by atoms with E-state index in [-0.39, 0.29) is 0 Å². The SMILES string of the molecule is CCOCCN1C[C@@H]2C[C@H]1CN2CCOCCNC. The van der Waals surface area contributed by atoms with Crippen LogP contribution in [0.15, 0.2) is 0 Å². The highest BCUT2D eigenvalue weighted by Gasteiger charge is 2.42. The van der Waals surface area contributed by atoms with Gasteiger partial charge in [0, 0.05) is 51.4 Å². The van der Waals surface area contributed by atoms with Gasteiger partial charge in [0.1, 0.15) is 0 Å². The molecule has 112 valence electrons. The average Bonchev–Trinajstić information content (AvgIpc) is 2.98. The Bertz CT molecular complexity index is 253. The highest BCUT2D eigenvalue weighted by Crippen LogP contribution is 2.29. The van der Waals surface area contributed by atoms with Crippen molar-refractivity contribution in [3.63, 3.8) is 0 Å². The number of hydrogen-bond acceptors (Lipinski definition) is 5. The molecule has 2 rings (SSSR count). The summed E-state index contributed by atoms with van der Waals surface area (Å²) in [4.78, 5) is 5.19. The fourth-order valence-electron chi connectivity index (χ4n) is 3.16. The molecule has 0 aromatic carbocycles. The average molecular weight is 271 g/mol. The molecule has 2 fully saturated rings. The molecule has 2 atom stereocenters. The smallest absolute Gasteiger partial charge is 0.0594 e. The number of likely N-dealkylation sites (tertiary alicyclic amines) is 2. The zero-order valence-electron chi connectivity index (χ0n) is 12.4. The standard InChI is InChI=1S/C14H29N3O2/c1-3-18-8-5-16-11-14-10-13(16)12-17(14)6-9-19-7-4-15-2/h13-15H,3-12H2,1-2H3/t13-,14-/m0/s1. The van der Waals surface area contributed by atoms with E-state index in [1.165, 1.54) is 19.5 Å². The van der Waals surface area contributed by atoms with Crippen molar-refractivity contribution < 1.29 is 9.47 Å². The van der Waals surface area contributed by atoms with Gasteiger partial charge in [-0.3, -0.25) is 9.80 Å². The van der Waals surface area contributed by atoms with E-state index in [0.717, 1.165) is 58.1 Å². The first kappa shape index (κ1) is 15.2. The molecule has 2 aliphatic heterocycles. The predicted octanol–water partition coefficient (Wildman–Crippen LogP) is 0.0174. The molecule has 2 saturated heterocycles. The van der Waals surface area contributed by atoms with E-state index in [9.17, 15) is 0 Å². The van der Waals surface area contributed by atoms with Crippen molar-refractivity contribution in [3.05, 3.63) is 0 Å². The number of fused-ring (bicyclic) bond motifs is 2. The molecule has 2 aliphatic rings. The van der Waals surface area contributed by atoms with Crippen molar-refractivity contribution in [3.8, 4) is 0 Å². The lowest BCUT2D eigenvalue weighted by Gasteiger charge is -2.34. The molecule has 2 bridgehead atoms. The molecule has 0 aromatic heterocycles. The molecule has 5 heteroatoms. The van der Waals surface area contributed by atoms with E-state index < -0.39 is 0 Å². The summed E-state index contributed by atoms with van der Waals surface area (Å²) in [6.07, 6.45) is 1.34. The van der Waals surface area contributed by atoms with Gasteiger partial charge in [-0.1, -0.05) is 0 Å². The second-order valence-electron chi connectivity index (χ2n) is 5.45. The van der Waals surface area contributed by atoms with E-state index in [0.29, 0.717) is 0 Å². The minimum absolute atomic E-state index is 0.750. The van der Waals surface area contributed by atoms with Gasteiger partial charge in [0.25, 0.3) is 0 Å². The van der Waals surface area contributed by atoms with Crippen molar-refractivity contribution in [1.29, 1.82) is 0 Å². The Kier molecular flexibility index (Phi) is 6.53. The molecule has 0 aliphatic carbocycles. The Balaban J connectivity index is 1.57. The highest BCUT2D eigenvalue weighted by atomic mass is 16.5. The monoisotopic (exact) mass is 271 g/mol. The third-order valence-electron chi connectivity index (χ3n) is 4.21. The number of piperazine rings is 1. The van der Waals surface area contributed by atoms with Crippen LogP contribution in [0, 0.1) is 0 Å². The third kappa shape index (κ3) is 4.39. The molecule has 19 heavy (non-hydrogen) atoms. The molecular formula is C14H29N3O2. The van der Waals surface area contributed by atoms with Crippen LogP contribution >= 0.6 is 0 Å². The summed E-state index contributed by atoms with van der Waals surface area (Å²) in [7, 11) is 1.96. The molecule has 0 unspecified atom stereocenters. The Morgan fingerprint density at radius 2 is 1.63 bits per heavy atom. The maximum absolute atomic E-state index is 5.61. The number of likely N-dealkylation sites (N-methyl/N-ethyl adjacent to an activating group) is 1. The van der Waals surface area contributed by atoms with Crippen molar-refractivity contribution >= 4 is 0 Å². The second kappa shape index (κ2) is 8.17. The molecule has 2 heterocycles. The molecule has 5 nitrogen and oxygen atoms in total. The Labute approximate surface area is 117 Å². The van der Waals surface area contributed by atoms with Gasteiger partial charge in [-0.15, -0.1) is 0 Å². The van der Waals surface area contributed by atoms with Crippen LogP contribution in [0.25, 0.3) is 0 Å². The number of ether oxygens (including phenoxy) is 2. The van der Waals surface area contributed by atoms with Crippen LogP contribution in [0.3, 0.4) is 0 Å². The largest absolute Gasteiger partial charge is 0.380 e. The normalized spacial score (nSPS) is 27.5. The molecule has 0 amide bonds. The van der Waals surface area contributed by atoms with Crippen molar-refractivity contribution in [2.24, 2.45) is 0 Å². The summed E-state index contributed by atoms with van der Waals surface area (Å²) in [5.74, 6) is 0. The fourth-order valence-corrected chi connectivity index (χ4v) is 3.16. The van der Waals surface area contributed by atoms with Crippen molar-refractivity contribution in [2.75, 3.05) is 66.2 Å². The molecule has 1 N–H and O–H groups in total. The minimum Gasteiger partial charge on any atom is -0.380 e. The first-order valence-electron chi connectivity index (χ1n) is 7.63. The van der Waals surface area contributed by atoms with Gasteiger partial charge in [0.05, 0.1) is 19.8 Å². The summed E-state index contributed by atoms with van der Waals surface area (Å²) in [6, 6.07) is 1.50. The predicted molar refractivity (Wildman–Crippen MR) is 76.6 cm³/mol. The van der Waals surface area contributed by atoms with E-state index in [2.05, 4.69) is 22.0 Å².